The van der Waals surface area contributed by atoms with E-state index in [2.05, 4.69) is 5.43 Å². The van der Waals surface area contributed by atoms with Gasteiger partial charge in [-0.2, -0.15) is 0 Å². The highest BCUT2D eigenvalue weighted by Crippen LogP contribution is 2.29. The van der Waals surface area contributed by atoms with Crippen molar-refractivity contribution in [1.29, 1.82) is 0 Å². The smallest absolute Gasteiger partial charge is 0.265 e. The third-order valence-electron chi connectivity index (χ3n) is 3.97. The molecule has 1 heterocycles. The molecule has 0 saturated heterocycles. The summed E-state index contributed by atoms with van der Waals surface area (Å²) >= 11 is 0. The Morgan fingerprint density at radius 3 is 2.12 bits per heavy atom. The normalized spacial score (nSPS) is 10.4. The van der Waals surface area contributed by atoms with Gasteiger partial charge in [0, 0.05) is 16.7 Å². The first-order chi connectivity index (χ1) is 11.7. The van der Waals surface area contributed by atoms with E-state index in [-0.39, 0.29) is 5.91 Å². The van der Waals surface area contributed by atoms with E-state index < -0.39 is 0 Å². The summed E-state index contributed by atoms with van der Waals surface area (Å²) in [5.74, 6) is 5.08. The lowest BCUT2D eigenvalue weighted by Crippen LogP contribution is -2.31. The number of nitrogens with one attached hydrogen (secondary N) is 1. The maximum Gasteiger partial charge on any atom is 0.265 e. The minimum Gasteiger partial charge on any atom is -0.290 e. The highest BCUT2D eigenvalue weighted by molar-refractivity contribution is 5.98. The zero-order valence-corrected chi connectivity index (χ0v) is 13.5. The van der Waals surface area contributed by atoms with E-state index in [9.17, 15) is 4.79 Å². The molecule has 0 fully saturated rings. The molecule has 120 valence electrons. The summed E-state index contributed by atoms with van der Waals surface area (Å²) < 4.78 is 0. The van der Waals surface area contributed by atoms with Crippen molar-refractivity contribution in [2.45, 2.75) is 13.3 Å². The zero-order chi connectivity index (χ0) is 16.9. The molecule has 1 amide bonds. The van der Waals surface area contributed by atoms with E-state index in [1.807, 2.05) is 73.7 Å². The summed E-state index contributed by atoms with van der Waals surface area (Å²) in [4.78, 5) is 17.1. The molecule has 0 spiro atoms. The first-order valence-electron chi connectivity index (χ1n) is 7.90. The molecular weight excluding hydrogens is 298 g/mol. The van der Waals surface area contributed by atoms with Crippen LogP contribution in [0, 0.1) is 0 Å². The number of hydrazine groups is 1. The topological polar surface area (TPSA) is 68.0 Å². The van der Waals surface area contributed by atoms with Crippen molar-refractivity contribution in [1.82, 2.24) is 10.4 Å². The Morgan fingerprint density at radius 2 is 1.58 bits per heavy atom. The lowest BCUT2D eigenvalue weighted by atomic mass is 9.96. The van der Waals surface area contributed by atoms with Gasteiger partial charge in [-0.25, -0.2) is 10.8 Å². The molecule has 3 aromatic rings. The SMILES string of the molecule is CCc1c(C(=O)NN)cc(-c2ccccc2)nc1-c1ccccc1. The van der Waals surface area contributed by atoms with E-state index in [0.29, 0.717) is 12.0 Å². The summed E-state index contributed by atoms with van der Waals surface area (Å²) in [7, 11) is 0. The zero-order valence-electron chi connectivity index (χ0n) is 13.5. The number of carbonyl (C=O) groups excluding carboxylic acids is 1. The molecule has 24 heavy (non-hydrogen) atoms. The number of carbonyl (C=O) groups is 1. The lowest BCUT2D eigenvalue weighted by molar-refractivity contribution is 0.0952. The Balaban J connectivity index is 2.28. The number of amides is 1. The number of nitrogens with two attached hydrogens (primary N) is 1. The summed E-state index contributed by atoms with van der Waals surface area (Å²) in [5, 5.41) is 0. The molecule has 3 N–H and O–H groups in total. The summed E-state index contributed by atoms with van der Waals surface area (Å²) in [5.41, 5.74) is 7.22. The van der Waals surface area contributed by atoms with Crippen LogP contribution in [0.2, 0.25) is 0 Å². The first-order valence-corrected chi connectivity index (χ1v) is 7.90. The van der Waals surface area contributed by atoms with Crippen LogP contribution in [0.4, 0.5) is 0 Å². The molecule has 0 aliphatic carbocycles. The second-order valence-electron chi connectivity index (χ2n) is 5.44. The predicted molar refractivity (Wildman–Crippen MR) is 96.1 cm³/mol. The molecule has 0 aliphatic rings. The van der Waals surface area contributed by atoms with E-state index in [1.54, 1.807) is 0 Å². The van der Waals surface area contributed by atoms with Crippen LogP contribution in [0.5, 0.6) is 0 Å². The fourth-order valence-electron chi connectivity index (χ4n) is 2.80. The monoisotopic (exact) mass is 317 g/mol. The van der Waals surface area contributed by atoms with E-state index in [1.165, 1.54) is 0 Å². The van der Waals surface area contributed by atoms with E-state index in [4.69, 9.17) is 10.8 Å². The van der Waals surface area contributed by atoms with Crippen molar-refractivity contribution in [2.24, 2.45) is 5.84 Å². The molecule has 3 rings (SSSR count). The lowest BCUT2D eigenvalue weighted by Gasteiger charge is -2.15. The maximum atomic E-state index is 12.3. The van der Waals surface area contributed by atoms with Crippen molar-refractivity contribution in [3.63, 3.8) is 0 Å². The fraction of sp³-hybridized carbons (Fsp3) is 0.100. The summed E-state index contributed by atoms with van der Waals surface area (Å²) in [6.45, 7) is 2.01. The van der Waals surface area contributed by atoms with Crippen LogP contribution in [0.15, 0.2) is 66.7 Å². The second kappa shape index (κ2) is 7.06. The van der Waals surface area contributed by atoms with Crippen LogP contribution >= 0.6 is 0 Å². The van der Waals surface area contributed by atoms with Gasteiger partial charge in [-0.1, -0.05) is 67.6 Å². The largest absolute Gasteiger partial charge is 0.290 e. The molecule has 1 aromatic heterocycles. The van der Waals surface area contributed by atoms with E-state index >= 15 is 0 Å². The number of pyridine rings is 1. The van der Waals surface area contributed by atoms with Gasteiger partial charge in [-0.05, 0) is 18.1 Å². The van der Waals surface area contributed by atoms with Gasteiger partial charge in [-0.3, -0.25) is 10.2 Å². The van der Waals surface area contributed by atoms with Crippen LogP contribution < -0.4 is 11.3 Å². The highest BCUT2D eigenvalue weighted by Gasteiger charge is 2.18. The number of hydrogen-bond donors (Lipinski definition) is 2. The van der Waals surface area contributed by atoms with Crippen LogP contribution in [-0.4, -0.2) is 10.9 Å². The third-order valence-corrected chi connectivity index (χ3v) is 3.97. The first kappa shape index (κ1) is 15.9. The molecule has 0 saturated carbocycles. The molecule has 0 atom stereocenters. The minimum atomic E-state index is -0.302. The predicted octanol–water partition coefficient (Wildman–Crippen LogP) is 3.58. The third kappa shape index (κ3) is 3.05. The maximum absolute atomic E-state index is 12.3. The van der Waals surface area contributed by atoms with Crippen molar-refractivity contribution in [2.75, 3.05) is 0 Å². The fourth-order valence-corrected chi connectivity index (χ4v) is 2.80. The Morgan fingerprint density at radius 1 is 1.00 bits per heavy atom. The van der Waals surface area contributed by atoms with Crippen molar-refractivity contribution in [3.05, 3.63) is 77.9 Å². The van der Waals surface area contributed by atoms with Gasteiger partial charge in [0.1, 0.15) is 0 Å². The average Bonchev–Trinajstić information content (AvgIpc) is 2.67. The van der Waals surface area contributed by atoms with Crippen LogP contribution in [0.3, 0.4) is 0 Å². The van der Waals surface area contributed by atoms with Gasteiger partial charge in [0.15, 0.2) is 0 Å². The Bertz CT molecular complexity index is 846. The van der Waals surface area contributed by atoms with Crippen molar-refractivity contribution >= 4 is 5.91 Å². The van der Waals surface area contributed by atoms with Gasteiger partial charge in [-0.15, -0.1) is 0 Å². The quantitative estimate of drug-likeness (QED) is 0.439. The molecule has 0 unspecified atom stereocenters. The van der Waals surface area contributed by atoms with Gasteiger partial charge in [0.2, 0.25) is 0 Å². The number of benzene rings is 2. The van der Waals surface area contributed by atoms with E-state index in [0.717, 1.165) is 28.1 Å². The molecule has 0 bridgehead atoms. The Labute approximate surface area is 141 Å². The molecular formula is C20H19N3O. The Hall–Kier alpha value is -2.98. The van der Waals surface area contributed by atoms with Gasteiger partial charge in [0.05, 0.1) is 11.4 Å². The summed E-state index contributed by atoms with van der Waals surface area (Å²) in [6.07, 6.45) is 0.690. The highest BCUT2D eigenvalue weighted by atomic mass is 16.2. The molecule has 4 heteroatoms. The second-order valence-corrected chi connectivity index (χ2v) is 5.44. The Kier molecular flexibility index (Phi) is 4.68. The van der Waals surface area contributed by atoms with Crippen LogP contribution in [-0.2, 0) is 6.42 Å². The van der Waals surface area contributed by atoms with Crippen molar-refractivity contribution in [3.8, 4) is 22.5 Å². The summed E-state index contributed by atoms with van der Waals surface area (Å²) in [6, 6.07) is 21.5. The number of hydrogen-bond acceptors (Lipinski definition) is 3. The van der Waals surface area contributed by atoms with Crippen LogP contribution in [0.25, 0.3) is 22.5 Å². The number of aromatic nitrogens is 1. The van der Waals surface area contributed by atoms with Crippen molar-refractivity contribution < 1.29 is 4.79 Å². The molecule has 2 aromatic carbocycles. The van der Waals surface area contributed by atoms with Gasteiger partial charge < -0.3 is 0 Å². The van der Waals surface area contributed by atoms with Crippen LogP contribution in [0.1, 0.15) is 22.8 Å². The minimum absolute atomic E-state index is 0.302. The van der Waals surface area contributed by atoms with Gasteiger partial charge in [0.25, 0.3) is 5.91 Å². The molecule has 0 aliphatic heterocycles. The number of rotatable bonds is 4. The van der Waals surface area contributed by atoms with Gasteiger partial charge >= 0.3 is 0 Å². The molecule has 4 nitrogen and oxygen atoms in total. The standard InChI is InChI=1S/C20H19N3O/c1-2-16-17(20(24)23-21)13-18(14-9-5-3-6-10-14)22-19(16)15-11-7-4-8-12-15/h3-13H,2,21H2,1H3,(H,23,24). The molecule has 0 radical (unpaired) electrons. The average molecular weight is 317 g/mol. The number of nitrogens with zero attached hydrogens (tertiary/aromatic N) is 1. The number of nitrogen functional groups attached to an aromatic ring is 1.